The molecule has 4 heteroatoms. The maximum absolute atomic E-state index is 11.9. The fourth-order valence-corrected chi connectivity index (χ4v) is 4.04. The lowest BCUT2D eigenvalue weighted by Crippen LogP contribution is -2.38. The number of nitrogens with one attached hydrogen (secondary N) is 1. The fourth-order valence-electron chi connectivity index (χ4n) is 4.04. The Balaban J connectivity index is 1.64. The Hall–Kier alpha value is -2.46. The average Bonchev–Trinajstić information content (AvgIpc) is 2.97. The molecular formula is C22H26N3O+. The minimum absolute atomic E-state index is 0.203. The molecule has 1 aromatic rings. The maximum atomic E-state index is 11.9. The average molecular weight is 348 g/mol. The molecule has 2 heterocycles. The number of carbonyl (C=O) groups is 1. The van der Waals surface area contributed by atoms with Crippen LogP contribution >= 0.6 is 0 Å². The molecule has 0 radical (unpaired) electrons. The number of piperidine rings is 1. The molecule has 4 nitrogen and oxygen atoms in total. The van der Waals surface area contributed by atoms with E-state index in [0.717, 1.165) is 55.6 Å². The van der Waals surface area contributed by atoms with Gasteiger partial charge in [0.15, 0.2) is 5.69 Å². The van der Waals surface area contributed by atoms with E-state index in [4.69, 9.17) is 5.10 Å². The van der Waals surface area contributed by atoms with Gasteiger partial charge in [-0.25, -0.2) is 0 Å². The Morgan fingerprint density at radius 2 is 2.08 bits per heavy atom. The number of rotatable bonds is 4. The van der Waals surface area contributed by atoms with Gasteiger partial charge in [0, 0.05) is 24.6 Å². The number of hydrogen-bond donors (Lipinski definition) is 1. The fraction of sp³-hybridized carbons (Fsp3) is 0.364. The molecule has 0 aromatic heterocycles. The van der Waals surface area contributed by atoms with Crippen LogP contribution in [0.5, 0.6) is 0 Å². The predicted molar refractivity (Wildman–Crippen MR) is 107 cm³/mol. The molecule has 3 aliphatic rings. The van der Waals surface area contributed by atoms with Crippen LogP contribution in [0.3, 0.4) is 0 Å². The van der Waals surface area contributed by atoms with Gasteiger partial charge in [0.2, 0.25) is 12.0 Å². The second-order valence-electron chi connectivity index (χ2n) is 7.54. The number of allylic oxidation sites excluding steroid dienone is 6. The molecule has 1 N–H and O–H groups in total. The van der Waals surface area contributed by atoms with E-state index < -0.39 is 0 Å². The molecule has 134 valence electrons. The van der Waals surface area contributed by atoms with Crippen molar-refractivity contribution in [1.82, 2.24) is 9.91 Å². The largest absolute Gasteiger partial charge is 0.378 e. The Morgan fingerprint density at radius 3 is 2.77 bits per heavy atom. The van der Waals surface area contributed by atoms with Gasteiger partial charge in [-0.1, -0.05) is 42.4 Å². The van der Waals surface area contributed by atoms with E-state index >= 15 is 0 Å². The number of fused-ring (bicyclic) bond motifs is 1. The van der Waals surface area contributed by atoms with E-state index in [0.29, 0.717) is 11.6 Å². The molecule has 2 atom stereocenters. The van der Waals surface area contributed by atoms with Gasteiger partial charge in [-0.15, -0.1) is 4.59 Å². The van der Waals surface area contributed by atoms with Gasteiger partial charge in [0.05, 0.1) is 0 Å². The summed E-state index contributed by atoms with van der Waals surface area (Å²) in [6, 6.07) is 8.54. The molecule has 0 spiro atoms. The standard InChI is InChI=1S/C22H25N3O/c1-16-12-13-23-22-20(15-26)25(2,24-21(16)22)19-10-8-18(9-11-19)14-17-6-4-3-5-7-17/h4,6-11,15-16H,3,5,12-14H2,1-2H3/p+1. The van der Waals surface area contributed by atoms with Crippen molar-refractivity contribution in [3.8, 4) is 0 Å². The van der Waals surface area contributed by atoms with Gasteiger partial charge in [-0.3, -0.25) is 4.79 Å². The summed E-state index contributed by atoms with van der Waals surface area (Å²) in [5.74, 6) is 0.380. The second-order valence-corrected chi connectivity index (χ2v) is 7.54. The van der Waals surface area contributed by atoms with Crippen LogP contribution in [0.4, 0.5) is 5.69 Å². The molecule has 0 amide bonds. The Labute approximate surface area is 155 Å². The van der Waals surface area contributed by atoms with Crippen LogP contribution in [0.15, 0.2) is 64.6 Å². The lowest BCUT2D eigenvalue weighted by atomic mass is 9.95. The third-order valence-corrected chi connectivity index (χ3v) is 5.67. The summed E-state index contributed by atoms with van der Waals surface area (Å²) in [7, 11) is 2.00. The normalized spacial score (nSPS) is 27.5. The molecule has 1 aromatic carbocycles. The molecule has 1 fully saturated rings. The highest BCUT2D eigenvalue weighted by molar-refractivity contribution is 6.09. The van der Waals surface area contributed by atoms with Crippen molar-refractivity contribution >= 4 is 17.7 Å². The van der Waals surface area contributed by atoms with Crippen LogP contribution in [0.2, 0.25) is 0 Å². The number of quaternary nitrogens is 1. The number of benzene rings is 1. The molecule has 2 unspecified atom stereocenters. The Morgan fingerprint density at radius 1 is 1.27 bits per heavy atom. The lowest BCUT2D eigenvalue weighted by molar-refractivity contribution is -0.106. The number of aldehydes is 1. The zero-order valence-electron chi connectivity index (χ0n) is 15.5. The Kier molecular flexibility index (Phi) is 4.37. The topological polar surface area (TPSA) is 41.5 Å². The Bertz CT molecular complexity index is 845. The summed E-state index contributed by atoms with van der Waals surface area (Å²) in [6.07, 6.45) is 12.0. The van der Waals surface area contributed by atoms with Crippen molar-refractivity contribution in [3.05, 3.63) is 65.0 Å². The molecule has 1 saturated heterocycles. The van der Waals surface area contributed by atoms with Crippen molar-refractivity contribution < 1.29 is 4.79 Å². The predicted octanol–water partition coefficient (Wildman–Crippen LogP) is 3.85. The van der Waals surface area contributed by atoms with Crippen molar-refractivity contribution in [2.24, 2.45) is 11.0 Å². The zero-order valence-corrected chi connectivity index (χ0v) is 15.5. The molecule has 2 aliphatic heterocycles. The van der Waals surface area contributed by atoms with Gasteiger partial charge in [0.25, 0.3) is 0 Å². The summed E-state index contributed by atoms with van der Waals surface area (Å²) >= 11 is 0. The van der Waals surface area contributed by atoms with Gasteiger partial charge < -0.3 is 5.32 Å². The molecule has 0 saturated carbocycles. The SMILES string of the molecule is CC1CCNC2=C(C=O)[N+](C)(c3ccc(CC4=CCCC=C4)cc3)N=C21. The molecule has 26 heavy (non-hydrogen) atoms. The van der Waals surface area contributed by atoms with Crippen LogP contribution in [-0.2, 0) is 11.2 Å². The highest BCUT2D eigenvalue weighted by Gasteiger charge is 2.44. The van der Waals surface area contributed by atoms with Crippen molar-refractivity contribution in [3.63, 3.8) is 0 Å². The van der Waals surface area contributed by atoms with Crippen LogP contribution in [0.25, 0.3) is 0 Å². The summed E-state index contributed by atoms with van der Waals surface area (Å²) in [4.78, 5) is 11.9. The van der Waals surface area contributed by atoms with Crippen LogP contribution in [0.1, 0.15) is 31.7 Å². The van der Waals surface area contributed by atoms with E-state index in [1.807, 2.05) is 7.05 Å². The lowest BCUT2D eigenvalue weighted by Gasteiger charge is -2.23. The summed E-state index contributed by atoms with van der Waals surface area (Å²) in [5, 5.41) is 8.34. The van der Waals surface area contributed by atoms with Gasteiger partial charge in [-0.05, 0) is 36.8 Å². The first-order valence-electron chi connectivity index (χ1n) is 9.48. The molecule has 4 rings (SSSR count). The first kappa shape index (κ1) is 17.0. The first-order valence-corrected chi connectivity index (χ1v) is 9.48. The van der Waals surface area contributed by atoms with Gasteiger partial charge in [0.1, 0.15) is 18.5 Å². The van der Waals surface area contributed by atoms with E-state index in [2.05, 4.69) is 54.7 Å². The third kappa shape index (κ3) is 2.84. The molecule has 1 aliphatic carbocycles. The highest BCUT2D eigenvalue weighted by Crippen LogP contribution is 2.36. The molecule has 0 bridgehead atoms. The van der Waals surface area contributed by atoms with Crippen LogP contribution in [-0.4, -0.2) is 25.6 Å². The summed E-state index contributed by atoms with van der Waals surface area (Å²) < 4.78 is 0.203. The second kappa shape index (κ2) is 6.69. The first-order chi connectivity index (χ1) is 12.6. The maximum Gasteiger partial charge on any atom is 0.229 e. The van der Waals surface area contributed by atoms with E-state index in [1.54, 1.807) is 0 Å². The molecular weight excluding hydrogens is 322 g/mol. The van der Waals surface area contributed by atoms with E-state index in [-0.39, 0.29) is 4.59 Å². The smallest absolute Gasteiger partial charge is 0.229 e. The van der Waals surface area contributed by atoms with Crippen molar-refractivity contribution in [2.75, 3.05) is 13.6 Å². The highest BCUT2D eigenvalue weighted by atomic mass is 16.1. The quantitative estimate of drug-likeness (QED) is 0.663. The van der Waals surface area contributed by atoms with E-state index in [9.17, 15) is 4.79 Å². The number of carbonyl (C=O) groups excluding carboxylic acids is 1. The van der Waals surface area contributed by atoms with Gasteiger partial charge >= 0.3 is 0 Å². The van der Waals surface area contributed by atoms with E-state index in [1.165, 1.54) is 11.1 Å². The monoisotopic (exact) mass is 348 g/mol. The van der Waals surface area contributed by atoms with Gasteiger partial charge in [-0.2, -0.15) is 0 Å². The number of hydrogen-bond acceptors (Lipinski definition) is 3. The van der Waals surface area contributed by atoms with Crippen molar-refractivity contribution in [2.45, 2.75) is 32.6 Å². The van der Waals surface area contributed by atoms with Crippen molar-refractivity contribution in [1.29, 1.82) is 0 Å². The zero-order chi connectivity index (χ0) is 18.1. The number of likely N-dealkylation sites (N-methyl/N-ethyl adjacent to an activating group) is 1. The minimum atomic E-state index is 0.203. The third-order valence-electron chi connectivity index (χ3n) is 5.67. The summed E-state index contributed by atoms with van der Waals surface area (Å²) in [6.45, 7) is 3.08. The van der Waals surface area contributed by atoms with Crippen LogP contribution in [0, 0.1) is 5.92 Å². The number of nitrogens with zero attached hydrogens (tertiary/aromatic N) is 2. The minimum Gasteiger partial charge on any atom is -0.378 e. The summed E-state index contributed by atoms with van der Waals surface area (Å²) in [5.41, 5.74) is 6.36. The van der Waals surface area contributed by atoms with Crippen LogP contribution < -0.4 is 9.91 Å².